The zero-order valence-electron chi connectivity index (χ0n) is 14.0. The fourth-order valence-corrected chi connectivity index (χ4v) is 3.44. The number of sulfone groups is 1. The molecule has 23 heavy (non-hydrogen) atoms. The first-order valence-corrected chi connectivity index (χ1v) is 9.58. The largest absolute Gasteiger partial charge is 0.356 e. The van der Waals surface area contributed by atoms with Gasteiger partial charge in [-0.2, -0.15) is 0 Å². The summed E-state index contributed by atoms with van der Waals surface area (Å²) >= 11 is 0. The van der Waals surface area contributed by atoms with Crippen molar-refractivity contribution >= 4 is 21.6 Å². The van der Waals surface area contributed by atoms with Gasteiger partial charge in [0.05, 0.1) is 16.1 Å². The quantitative estimate of drug-likeness (QED) is 0.882. The van der Waals surface area contributed by atoms with Gasteiger partial charge in [0, 0.05) is 25.8 Å². The van der Waals surface area contributed by atoms with Gasteiger partial charge in [-0.3, -0.25) is 4.79 Å². The average molecular weight is 339 g/mol. The molecule has 1 fully saturated rings. The molecule has 1 aromatic rings. The van der Waals surface area contributed by atoms with Gasteiger partial charge in [0.25, 0.3) is 5.91 Å². The number of rotatable bonds is 5. The number of nitrogens with zero attached hydrogens (tertiary/aromatic N) is 2. The first kappa shape index (κ1) is 17.7. The van der Waals surface area contributed by atoms with Crippen LogP contribution in [0, 0.1) is 0 Å². The molecule has 0 saturated carbocycles. The molecule has 6 nitrogen and oxygen atoms in total. The van der Waals surface area contributed by atoms with Crippen molar-refractivity contribution in [2.24, 2.45) is 0 Å². The molecule has 0 radical (unpaired) electrons. The summed E-state index contributed by atoms with van der Waals surface area (Å²) in [7, 11) is -3.24. The van der Waals surface area contributed by atoms with Gasteiger partial charge >= 0.3 is 0 Å². The summed E-state index contributed by atoms with van der Waals surface area (Å²) in [5, 5.41) is 2.71. The molecule has 7 heteroatoms. The lowest BCUT2D eigenvalue weighted by molar-refractivity contribution is 0.0956. The molecule has 0 atom stereocenters. The second-order valence-electron chi connectivity index (χ2n) is 6.76. The third-order valence-corrected chi connectivity index (χ3v) is 6.63. The van der Waals surface area contributed by atoms with Crippen LogP contribution in [0.15, 0.2) is 18.3 Å². The number of aromatic nitrogens is 1. The minimum atomic E-state index is -3.24. The van der Waals surface area contributed by atoms with E-state index in [1.807, 2.05) is 0 Å². The van der Waals surface area contributed by atoms with Crippen LogP contribution in [0.4, 0.5) is 5.82 Å². The van der Waals surface area contributed by atoms with E-state index in [1.165, 1.54) is 0 Å². The highest BCUT2D eigenvalue weighted by Gasteiger charge is 2.28. The van der Waals surface area contributed by atoms with E-state index in [1.54, 1.807) is 39.1 Å². The Morgan fingerprint density at radius 3 is 2.57 bits per heavy atom. The minimum absolute atomic E-state index is 0.0679. The third-order valence-electron chi connectivity index (χ3n) is 4.03. The summed E-state index contributed by atoms with van der Waals surface area (Å²) in [5.74, 6) is 0.340. The second-order valence-corrected chi connectivity index (χ2v) is 9.62. The summed E-state index contributed by atoms with van der Waals surface area (Å²) in [6.07, 6.45) is 3.87. The highest BCUT2D eigenvalue weighted by molar-refractivity contribution is 7.92. The van der Waals surface area contributed by atoms with Crippen LogP contribution in [-0.4, -0.2) is 49.4 Å². The van der Waals surface area contributed by atoms with Crippen molar-refractivity contribution in [3.05, 3.63) is 23.9 Å². The highest BCUT2D eigenvalue weighted by atomic mass is 32.2. The normalized spacial score (nSPS) is 15.7. The van der Waals surface area contributed by atoms with E-state index in [2.05, 4.69) is 15.2 Å². The minimum Gasteiger partial charge on any atom is -0.356 e. The zero-order chi connectivity index (χ0) is 17.1. The number of carbonyl (C=O) groups excluding carboxylic acids is 1. The first-order chi connectivity index (χ1) is 10.7. The summed E-state index contributed by atoms with van der Waals surface area (Å²) in [5.41, 5.74) is 0.502. The molecular formula is C16H25N3O3S. The molecule has 2 heterocycles. The van der Waals surface area contributed by atoms with Crippen molar-refractivity contribution < 1.29 is 13.2 Å². The average Bonchev–Trinajstić information content (AvgIpc) is 3.00. The van der Waals surface area contributed by atoms with Crippen LogP contribution in [0.25, 0.3) is 0 Å². The smallest absolute Gasteiger partial charge is 0.255 e. The van der Waals surface area contributed by atoms with E-state index >= 15 is 0 Å². The highest BCUT2D eigenvalue weighted by Crippen LogP contribution is 2.22. The predicted octanol–water partition coefficient (Wildman–Crippen LogP) is 1.62. The summed E-state index contributed by atoms with van der Waals surface area (Å²) < 4.78 is 23.3. The van der Waals surface area contributed by atoms with Crippen LogP contribution >= 0.6 is 0 Å². The molecule has 1 aromatic heterocycles. The Hall–Kier alpha value is -1.63. The van der Waals surface area contributed by atoms with Gasteiger partial charge in [-0.05, 0) is 45.7 Å². The summed E-state index contributed by atoms with van der Waals surface area (Å²) in [6.45, 7) is 6.89. The maximum atomic E-state index is 12.4. The van der Waals surface area contributed by atoms with Crippen LogP contribution in [0.1, 0.15) is 44.0 Å². The maximum Gasteiger partial charge on any atom is 0.255 e. The Bertz CT molecular complexity index is 659. The number of nitrogens with one attached hydrogen (secondary N) is 1. The number of hydrogen-bond acceptors (Lipinski definition) is 5. The summed E-state index contributed by atoms with van der Waals surface area (Å²) in [6, 6.07) is 3.45. The predicted molar refractivity (Wildman–Crippen MR) is 91.6 cm³/mol. The topological polar surface area (TPSA) is 79.4 Å². The zero-order valence-corrected chi connectivity index (χ0v) is 14.8. The number of carbonyl (C=O) groups is 1. The van der Waals surface area contributed by atoms with Crippen LogP contribution in [-0.2, 0) is 9.84 Å². The second kappa shape index (κ2) is 6.86. The van der Waals surface area contributed by atoms with E-state index in [0.717, 1.165) is 25.9 Å². The standard InChI is InChI=1S/C16H25N3O3S/c1-16(2,3)23(21,22)12-9-18-15(20)13-7-6-8-17-14(13)19-10-4-5-11-19/h6-8H,4-5,9-12H2,1-3H3,(H,18,20). The van der Waals surface area contributed by atoms with Crippen molar-refractivity contribution in [3.63, 3.8) is 0 Å². The van der Waals surface area contributed by atoms with Crippen molar-refractivity contribution in [3.8, 4) is 0 Å². The van der Waals surface area contributed by atoms with Crippen molar-refractivity contribution in [2.45, 2.75) is 38.4 Å². The molecule has 0 aromatic carbocycles. The van der Waals surface area contributed by atoms with Crippen molar-refractivity contribution in [1.29, 1.82) is 0 Å². The van der Waals surface area contributed by atoms with E-state index in [4.69, 9.17) is 0 Å². The van der Waals surface area contributed by atoms with E-state index < -0.39 is 14.6 Å². The van der Waals surface area contributed by atoms with Crippen LogP contribution in [0.3, 0.4) is 0 Å². The fourth-order valence-electron chi connectivity index (χ4n) is 2.46. The molecule has 0 bridgehead atoms. The number of pyridine rings is 1. The van der Waals surface area contributed by atoms with E-state index in [0.29, 0.717) is 11.4 Å². The molecule has 0 unspecified atom stereocenters. The number of anilines is 1. The van der Waals surface area contributed by atoms with Gasteiger partial charge in [-0.15, -0.1) is 0 Å². The molecule has 1 saturated heterocycles. The lowest BCUT2D eigenvalue weighted by Gasteiger charge is -2.20. The molecule has 1 N–H and O–H groups in total. The lowest BCUT2D eigenvalue weighted by atomic mass is 10.2. The molecule has 1 amide bonds. The molecule has 2 rings (SSSR count). The van der Waals surface area contributed by atoms with Gasteiger partial charge in [0.1, 0.15) is 5.82 Å². The summed E-state index contributed by atoms with van der Waals surface area (Å²) in [4.78, 5) is 18.8. The van der Waals surface area contributed by atoms with Crippen LogP contribution in [0.2, 0.25) is 0 Å². The van der Waals surface area contributed by atoms with E-state index in [9.17, 15) is 13.2 Å². The SMILES string of the molecule is CC(C)(C)S(=O)(=O)CCNC(=O)c1cccnc1N1CCCC1. The monoisotopic (exact) mass is 339 g/mol. The molecule has 0 aliphatic carbocycles. The Balaban J connectivity index is 2.02. The van der Waals surface area contributed by atoms with Gasteiger partial charge in [-0.1, -0.05) is 0 Å². The number of amides is 1. The van der Waals surface area contributed by atoms with Gasteiger partial charge in [0.15, 0.2) is 9.84 Å². The Morgan fingerprint density at radius 2 is 1.96 bits per heavy atom. The van der Waals surface area contributed by atoms with Crippen LogP contribution in [0.5, 0.6) is 0 Å². The van der Waals surface area contributed by atoms with Crippen molar-refractivity contribution in [1.82, 2.24) is 10.3 Å². The number of hydrogen-bond donors (Lipinski definition) is 1. The maximum absolute atomic E-state index is 12.4. The van der Waals surface area contributed by atoms with Gasteiger partial charge in [-0.25, -0.2) is 13.4 Å². The van der Waals surface area contributed by atoms with Gasteiger partial charge in [0.2, 0.25) is 0 Å². The van der Waals surface area contributed by atoms with Crippen LogP contribution < -0.4 is 10.2 Å². The molecule has 1 aliphatic heterocycles. The third kappa shape index (κ3) is 4.22. The molecular weight excluding hydrogens is 314 g/mol. The molecule has 128 valence electrons. The fraction of sp³-hybridized carbons (Fsp3) is 0.625. The Labute approximate surface area is 138 Å². The first-order valence-electron chi connectivity index (χ1n) is 7.93. The molecule has 1 aliphatic rings. The molecule has 0 spiro atoms. The van der Waals surface area contributed by atoms with E-state index in [-0.39, 0.29) is 18.2 Å². The Morgan fingerprint density at radius 1 is 1.30 bits per heavy atom. The Kier molecular flexibility index (Phi) is 5.29. The van der Waals surface area contributed by atoms with Crippen molar-refractivity contribution in [2.75, 3.05) is 30.3 Å². The van der Waals surface area contributed by atoms with Gasteiger partial charge < -0.3 is 10.2 Å². The lowest BCUT2D eigenvalue weighted by Crippen LogP contribution is -2.37.